The van der Waals surface area contributed by atoms with Crippen LogP contribution in [0.5, 0.6) is 0 Å². The fourth-order valence-electron chi connectivity index (χ4n) is 1.22. The zero-order valence-corrected chi connectivity index (χ0v) is 10.6. The predicted octanol–water partition coefficient (Wildman–Crippen LogP) is 3.22. The van der Waals surface area contributed by atoms with E-state index in [0.29, 0.717) is 0 Å². The van der Waals surface area contributed by atoms with Crippen LogP contribution in [0.2, 0.25) is 0 Å². The van der Waals surface area contributed by atoms with Crippen molar-refractivity contribution in [2.45, 2.75) is 13.5 Å². The molecular weight excluding hydrogens is 274 g/mol. The van der Waals surface area contributed by atoms with Crippen molar-refractivity contribution in [2.75, 3.05) is 5.32 Å². The highest BCUT2D eigenvalue weighted by atomic mass is 79.9. The normalized spacial score (nSPS) is 10.3. The van der Waals surface area contributed by atoms with Gasteiger partial charge >= 0.3 is 0 Å². The summed E-state index contributed by atoms with van der Waals surface area (Å²) in [5.74, 6) is 0. The van der Waals surface area contributed by atoms with E-state index >= 15 is 0 Å². The van der Waals surface area contributed by atoms with Gasteiger partial charge in [-0.25, -0.2) is 0 Å². The summed E-state index contributed by atoms with van der Waals surface area (Å²) >= 11 is 5.04. The molecule has 0 amide bonds. The lowest BCUT2D eigenvalue weighted by Crippen LogP contribution is -1.99. The molecule has 0 spiro atoms. The van der Waals surface area contributed by atoms with Crippen molar-refractivity contribution in [3.8, 4) is 0 Å². The van der Waals surface area contributed by atoms with Crippen LogP contribution in [0.4, 0.5) is 5.13 Å². The number of hydrogen-bond acceptors (Lipinski definition) is 4. The minimum atomic E-state index is 0.760. The lowest BCUT2D eigenvalue weighted by molar-refractivity contribution is 1.05. The van der Waals surface area contributed by atoms with Gasteiger partial charge < -0.3 is 5.32 Å². The average Bonchev–Trinajstić information content (AvgIpc) is 2.69. The van der Waals surface area contributed by atoms with E-state index in [0.717, 1.165) is 16.1 Å². The lowest BCUT2D eigenvalue weighted by atomic mass is 10.1. The number of aromatic nitrogens is 2. The molecule has 3 nitrogen and oxygen atoms in total. The molecule has 0 aliphatic heterocycles. The average molecular weight is 284 g/mol. The van der Waals surface area contributed by atoms with E-state index in [9.17, 15) is 0 Å². The van der Waals surface area contributed by atoms with Crippen LogP contribution in [-0.2, 0) is 6.54 Å². The highest BCUT2D eigenvalue weighted by Crippen LogP contribution is 2.19. The van der Waals surface area contributed by atoms with E-state index in [4.69, 9.17) is 0 Å². The SMILES string of the molecule is Cc1ccc(CNc2nncs2)c(Br)c1. The number of halogens is 1. The molecule has 1 aromatic carbocycles. The molecule has 0 atom stereocenters. The number of nitrogens with one attached hydrogen (secondary N) is 1. The summed E-state index contributed by atoms with van der Waals surface area (Å²) in [4.78, 5) is 0. The molecule has 0 fully saturated rings. The Morgan fingerprint density at radius 1 is 1.47 bits per heavy atom. The first-order chi connectivity index (χ1) is 7.25. The molecule has 0 saturated carbocycles. The van der Waals surface area contributed by atoms with Gasteiger partial charge in [-0.05, 0) is 24.1 Å². The highest BCUT2D eigenvalue weighted by Gasteiger charge is 2.01. The van der Waals surface area contributed by atoms with Crippen molar-refractivity contribution in [3.05, 3.63) is 39.3 Å². The van der Waals surface area contributed by atoms with Gasteiger partial charge in [0.1, 0.15) is 5.51 Å². The van der Waals surface area contributed by atoms with Crippen LogP contribution in [0.3, 0.4) is 0 Å². The second-order valence-corrected chi connectivity index (χ2v) is 4.88. The van der Waals surface area contributed by atoms with Crippen molar-refractivity contribution in [1.82, 2.24) is 10.2 Å². The Balaban J connectivity index is 2.05. The first-order valence-electron chi connectivity index (χ1n) is 4.51. The van der Waals surface area contributed by atoms with E-state index in [1.54, 1.807) is 5.51 Å². The van der Waals surface area contributed by atoms with E-state index < -0.39 is 0 Å². The monoisotopic (exact) mass is 283 g/mol. The summed E-state index contributed by atoms with van der Waals surface area (Å²) in [6.07, 6.45) is 0. The third-order valence-corrected chi connectivity index (χ3v) is 3.39. The number of anilines is 1. The number of rotatable bonds is 3. The molecule has 1 aromatic heterocycles. The first-order valence-corrected chi connectivity index (χ1v) is 6.18. The third kappa shape index (κ3) is 2.76. The molecular formula is C10H10BrN3S. The zero-order valence-electron chi connectivity index (χ0n) is 8.20. The van der Waals surface area contributed by atoms with E-state index in [1.165, 1.54) is 22.5 Å². The second kappa shape index (κ2) is 4.72. The Bertz CT molecular complexity index is 442. The van der Waals surface area contributed by atoms with Crippen LogP contribution in [0.15, 0.2) is 28.2 Å². The summed E-state index contributed by atoms with van der Waals surface area (Å²) < 4.78 is 1.12. The van der Waals surface area contributed by atoms with Gasteiger partial charge in [-0.15, -0.1) is 10.2 Å². The molecule has 5 heteroatoms. The van der Waals surface area contributed by atoms with Crippen molar-refractivity contribution < 1.29 is 0 Å². The summed E-state index contributed by atoms with van der Waals surface area (Å²) in [6.45, 7) is 2.84. The van der Waals surface area contributed by atoms with Crippen LogP contribution >= 0.6 is 27.3 Å². The fraction of sp³-hybridized carbons (Fsp3) is 0.200. The summed E-state index contributed by atoms with van der Waals surface area (Å²) in [5, 5.41) is 11.8. The molecule has 15 heavy (non-hydrogen) atoms. The molecule has 1 heterocycles. The maximum atomic E-state index is 3.92. The van der Waals surface area contributed by atoms with Crippen LogP contribution in [0.25, 0.3) is 0 Å². The first kappa shape index (κ1) is 10.6. The molecule has 78 valence electrons. The zero-order chi connectivity index (χ0) is 10.7. The maximum absolute atomic E-state index is 3.92. The molecule has 2 aromatic rings. The Hall–Kier alpha value is -0.940. The summed E-state index contributed by atoms with van der Waals surface area (Å²) in [7, 11) is 0. The molecule has 0 bridgehead atoms. The van der Waals surface area contributed by atoms with Crippen LogP contribution in [0, 0.1) is 6.92 Å². The van der Waals surface area contributed by atoms with Gasteiger partial charge in [-0.3, -0.25) is 0 Å². The Labute approximate surface area is 101 Å². The Morgan fingerprint density at radius 2 is 2.33 bits per heavy atom. The molecule has 0 unspecified atom stereocenters. The van der Waals surface area contributed by atoms with Gasteiger partial charge in [-0.2, -0.15) is 0 Å². The minimum absolute atomic E-state index is 0.760. The molecule has 0 aliphatic carbocycles. The minimum Gasteiger partial charge on any atom is -0.356 e. The summed E-state index contributed by atoms with van der Waals surface area (Å²) in [6, 6.07) is 6.31. The van der Waals surface area contributed by atoms with Crippen molar-refractivity contribution in [2.24, 2.45) is 0 Å². The molecule has 0 radical (unpaired) electrons. The quantitative estimate of drug-likeness (QED) is 0.940. The molecule has 0 aliphatic rings. The maximum Gasteiger partial charge on any atom is 0.205 e. The number of benzene rings is 1. The smallest absolute Gasteiger partial charge is 0.205 e. The van der Waals surface area contributed by atoms with E-state index in [1.807, 2.05) is 0 Å². The molecule has 0 saturated heterocycles. The van der Waals surface area contributed by atoms with Gasteiger partial charge in [0, 0.05) is 11.0 Å². The largest absolute Gasteiger partial charge is 0.356 e. The Morgan fingerprint density at radius 3 is 3.00 bits per heavy atom. The number of aryl methyl sites for hydroxylation is 1. The Kier molecular flexibility index (Phi) is 3.33. The fourth-order valence-corrected chi connectivity index (χ4v) is 2.29. The van der Waals surface area contributed by atoms with Crippen molar-refractivity contribution in [3.63, 3.8) is 0 Å². The molecule has 2 rings (SSSR count). The van der Waals surface area contributed by atoms with Crippen molar-refractivity contribution >= 4 is 32.4 Å². The summed E-state index contributed by atoms with van der Waals surface area (Å²) in [5.41, 5.74) is 4.18. The standard InChI is InChI=1S/C10H10BrN3S/c1-7-2-3-8(9(11)4-7)5-12-10-14-13-6-15-10/h2-4,6H,5H2,1H3,(H,12,14). The third-order valence-electron chi connectivity index (χ3n) is 2.00. The highest BCUT2D eigenvalue weighted by molar-refractivity contribution is 9.10. The van der Waals surface area contributed by atoms with E-state index in [-0.39, 0.29) is 0 Å². The van der Waals surface area contributed by atoms with E-state index in [2.05, 4.69) is 56.6 Å². The number of hydrogen-bond donors (Lipinski definition) is 1. The second-order valence-electron chi connectivity index (χ2n) is 3.19. The van der Waals surface area contributed by atoms with Gasteiger partial charge in [0.05, 0.1) is 0 Å². The van der Waals surface area contributed by atoms with Crippen LogP contribution < -0.4 is 5.32 Å². The van der Waals surface area contributed by atoms with Gasteiger partial charge in [0.25, 0.3) is 0 Å². The number of nitrogens with zero attached hydrogens (tertiary/aromatic N) is 2. The van der Waals surface area contributed by atoms with Crippen LogP contribution in [0.1, 0.15) is 11.1 Å². The van der Waals surface area contributed by atoms with Crippen LogP contribution in [-0.4, -0.2) is 10.2 Å². The van der Waals surface area contributed by atoms with Crippen molar-refractivity contribution in [1.29, 1.82) is 0 Å². The lowest BCUT2D eigenvalue weighted by Gasteiger charge is -2.05. The van der Waals surface area contributed by atoms with Gasteiger partial charge in [0.15, 0.2) is 0 Å². The topological polar surface area (TPSA) is 37.8 Å². The molecule has 1 N–H and O–H groups in total. The predicted molar refractivity (Wildman–Crippen MR) is 66.1 cm³/mol. The van der Waals surface area contributed by atoms with Gasteiger partial charge in [0.2, 0.25) is 5.13 Å². The van der Waals surface area contributed by atoms with Gasteiger partial charge in [-0.1, -0.05) is 39.4 Å².